The van der Waals surface area contributed by atoms with Crippen LogP contribution in [0.2, 0.25) is 0 Å². The lowest BCUT2D eigenvalue weighted by Gasteiger charge is -2.11. The van der Waals surface area contributed by atoms with E-state index in [4.69, 9.17) is 10.7 Å². The minimum atomic E-state index is -0.257. The standard InChI is InChI=1S/C40H30N4/c41-35(28-14-4-1-5-15-28)25-36(29-16-6-2-7-17-29)42-27-43-37-22-12-10-20-31(37)33-24-34-32-21-11-13-23-38(32)44(40(34)26-39(33)43)30-18-8-3-9-19-30/h1-27,36H,41H2/b35-25-,42-27?. The minimum Gasteiger partial charge on any atom is -0.398 e. The number of hydrogen-bond donors (Lipinski definition) is 1. The first-order valence-corrected chi connectivity index (χ1v) is 14.9. The van der Waals surface area contributed by atoms with Gasteiger partial charge in [0.15, 0.2) is 0 Å². The van der Waals surface area contributed by atoms with Gasteiger partial charge in [-0.25, -0.2) is 0 Å². The topological polar surface area (TPSA) is 48.2 Å². The van der Waals surface area contributed by atoms with Gasteiger partial charge < -0.3 is 14.9 Å². The molecule has 0 amide bonds. The van der Waals surface area contributed by atoms with Crippen LogP contribution in [-0.4, -0.2) is 15.5 Å². The molecule has 1 atom stereocenters. The van der Waals surface area contributed by atoms with E-state index in [1.807, 2.05) is 60.9 Å². The quantitative estimate of drug-likeness (QED) is 0.158. The molecule has 44 heavy (non-hydrogen) atoms. The Balaban J connectivity index is 1.36. The maximum atomic E-state index is 6.61. The lowest BCUT2D eigenvalue weighted by molar-refractivity contribution is 0.910. The molecular weight excluding hydrogens is 536 g/mol. The SMILES string of the molecule is N/C(=C\C(N=Cn1c2ccccc2c2cc3c4ccccc4n(-c4ccccc4)c3cc21)c1ccccc1)c1ccccc1. The number of hydrogen-bond acceptors (Lipinski definition) is 2. The zero-order valence-electron chi connectivity index (χ0n) is 24.1. The number of aliphatic imine (C=N–C) groups is 1. The van der Waals surface area contributed by atoms with E-state index in [9.17, 15) is 0 Å². The van der Waals surface area contributed by atoms with Gasteiger partial charge in [0.1, 0.15) is 0 Å². The summed E-state index contributed by atoms with van der Waals surface area (Å²) in [5.41, 5.74) is 15.1. The van der Waals surface area contributed by atoms with Gasteiger partial charge in [-0.3, -0.25) is 4.99 Å². The van der Waals surface area contributed by atoms with Crippen LogP contribution in [0.5, 0.6) is 0 Å². The van der Waals surface area contributed by atoms with Crippen molar-refractivity contribution in [3.63, 3.8) is 0 Å². The predicted molar refractivity (Wildman–Crippen MR) is 185 cm³/mol. The van der Waals surface area contributed by atoms with Gasteiger partial charge in [0.05, 0.1) is 34.4 Å². The summed E-state index contributed by atoms with van der Waals surface area (Å²) in [6.07, 6.45) is 4.01. The Bertz CT molecular complexity index is 2330. The van der Waals surface area contributed by atoms with E-state index < -0.39 is 0 Å². The van der Waals surface area contributed by atoms with E-state index in [1.54, 1.807) is 0 Å². The first-order valence-electron chi connectivity index (χ1n) is 14.9. The number of nitrogens with two attached hydrogens (primary N) is 1. The van der Waals surface area contributed by atoms with E-state index in [-0.39, 0.29) is 6.04 Å². The molecule has 2 N–H and O–H groups in total. The first-order chi connectivity index (χ1) is 21.8. The van der Waals surface area contributed by atoms with E-state index >= 15 is 0 Å². The van der Waals surface area contributed by atoms with Gasteiger partial charge >= 0.3 is 0 Å². The second-order valence-corrected chi connectivity index (χ2v) is 11.1. The maximum Gasteiger partial charge on any atom is 0.0970 e. The summed E-state index contributed by atoms with van der Waals surface area (Å²) < 4.78 is 4.58. The number of rotatable bonds is 6. The normalized spacial score (nSPS) is 13.0. The highest BCUT2D eigenvalue weighted by Gasteiger charge is 2.17. The number of fused-ring (bicyclic) bond motifs is 6. The van der Waals surface area contributed by atoms with Crippen molar-refractivity contribution in [2.75, 3.05) is 0 Å². The van der Waals surface area contributed by atoms with Crippen molar-refractivity contribution in [3.8, 4) is 5.69 Å². The van der Waals surface area contributed by atoms with E-state index in [2.05, 4.69) is 112 Å². The lowest BCUT2D eigenvalue weighted by Crippen LogP contribution is -2.03. The third kappa shape index (κ3) is 4.36. The summed E-state index contributed by atoms with van der Waals surface area (Å²) in [5, 5.41) is 4.87. The predicted octanol–water partition coefficient (Wildman–Crippen LogP) is 9.51. The third-order valence-electron chi connectivity index (χ3n) is 8.45. The molecule has 210 valence electrons. The molecule has 0 aliphatic rings. The smallest absolute Gasteiger partial charge is 0.0970 e. The Labute approximate surface area is 255 Å². The van der Waals surface area contributed by atoms with E-state index in [1.165, 1.54) is 27.1 Å². The molecular formula is C40H30N4. The Morgan fingerprint density at radius 1 is 0.545 bits per heavy atom. The van der Waals surface area contributed by atoms with Gasteiger partial charge in [0.25, 0.3) is 0 Å². The van der Waals surface area contributed by atoms with Crippen molar-refractivity contribution in [3.05, 3.63) is 169 Å². The summed E-state index contributed by atoms with van der Waals surface area (Å²) in [6.45, 7) is 0. The highest BCUT2D eigenvalue weighted by molar-refractivity contribution is 6.20. The van der Waals surface area contributed by atoms with Gasteiger partial charge in [0.2, 0.25) is 0 Å². The lowest BCUT2D eigenvalue weighted by atomic mass is 10.0. The molecule has 0 radical (unpaired) electrons. The molecule has 0 aliphatic carbocycles. The van der Waals surface area contributed by atoms with Crippen LogP contribution in [0.25, 0.3) is 55.0 Å². The summed E-state index contributed by atoms with van der Waals surface area (Å²) in [5.74, 6) is 0. The average molecular weight is 567 g/mol. The van der Waals surface area contributed by atoms with E-state index in [0.717, 1.165) is 33.4 Å². The minimum absolute atomic E-state index is 0.257. The van der Waals surface area contributed by atoms with Gasteiger partial charge in [-0.05, 0) is 53.6 Å². The summed E-state index contributed by atoms with van der Waals surface area (Å²) in [7, 11) is 0. The molecule has 2 aromatic heterocycles. The Morgan fingerprint density at radius 3 is 1.84 bits per heavy atom. The molecule has 0 bridgehead atoms. The molecule has 4 heteroatoms. The zero-order chi connectivity index (χ0) is 29.5. The van der Waals surface area contributed by atoms with Crippen LogP contribution in [0.15, 0.2) is 163 Å². The van der Waals surface area contributed by atoms with Crippen LogP contribution >= 0.6 is 0 Å². The van der Waals surface area contributed by atoms with Crippen LogP contribution in [0, 0.1) is 0 Å². The van der Waals surface area contributed by atoms with Gasteiger partial charge in [-0.1, -0.05) is 115 Å². The first kappa shape index (κ1) is 25.8. The van der Waals surface area contributed by atoms with Crippen molar-refractivity contribution in [2.24, 2.45) is 10.7 Å². The van der Waals surface area contributed by atoms with Crippen LogP contribution in [0.1, 0.15) is 17.2 Å². The van der Waals surface area contributed by atoms with Crippen LogP contribution < -0.4 is 5.73 Å². The van der Waals surface area contributed by atoms with Gasteiger partial charge in [-0.2, -0.15) is 0 Å². The Kier molecular flexibility index (Phi) is 6.31. The molecule has 0 saturated heterocycles. The summed E-state index contributed by atoms with van der Waals surface area (Å²) in [4.78, 5) is 5.18. The largest absolute Gasteiger partial charge is 0.398 e. The van der Waals surface area contributed by atoms with Gasteiger partial charge in [0, 0.05) is 32.9 Å². The van der Waals surface area contributed by atoms with Crippen molar-refractivity contribution < 1.29 is 0 Å². The number of nitrogens with zero attached hydrogens (tertiary/aromatic N) is 3. The molecule has 4 nitrogen and oxygen atoms in total. The molecule has 8 aromatic rings. The second kappa shape index (κ2) is 10.8. The average Bonchev–Trinajstić information content (AvgIpc) is 3.58. The molecule has 6 aromatic carbocycles. The Morgan fingerprint density at radius 2 is 1.11 bits per heavy atom. The fourth-order valence-electron chi connectivity index (χ4n) is 6.35. The molecule has 0 aliphatic heterocycles. The van der Waals surface area contributed by atoms with Gasteiger partial charge in [-0.15, -0.1) is 0 Å². The molecule has 1 unspecified atom stereocenters. The van der Waals surface area contributed by atoms with Crippen molar-refractivity contribution >= 4 is 55.6 Å². The fraction of sp³-hybridized carbons (Fsp3) is 0.0250. The maximum absolute atomic E-state index is 6.61. The number of aromatic nitrogens is 2. The fourth-order valence-corrected chi connectivity index (χ4v) is 6.35. The molecule has 0 spiro atoms. The summed E-state index contributed by atoms with van der Waals surface area (Å²) in [6, 6.07) is 52.6. The molecule has 0 fully saturated rings. The molecule has 8 rings (SSSR count). The van der Waals surface area contributed by atoms with Crippen molar-refractivity contribution in [1.82, 2.24) is 9.13 Å². The third-order valence-corrected chi connectivity index (χ3v) is 8.45. The Hall–Kier alpha value is -5.87. The number of benzene rings is 6. The molecule has 0 saturated carbocycles. The van der Waals surface area contributed by atoms with Crippen LogP contribution in [0.3, 0.4) is 0 Å². The zero-order valence-corrected chi connectivity index (χ0v) is 24.1. The highest BCUT2D eigenvalue weighted by Crippen LogP contribution is 2.38. The highest BCUT2D eigenvalue weighted by atomic mass is 15.0. The monoisotopic (exact) mass is 566 g/mol. The van der Waals surface area contributed by atoms with Crippen LogP contribution in [0.4, 0.5) is 0 Å². The number of para-hydroxylation sites is 3. The summed E-state index contributed by atoms with van der Waals surface area (Å²) >= 11 is 0. The van der Waals surface area contributed by atoms with Crippen LogP contribution in [-0.2, 0) is 0 Å². The molecule has 2 heterocycles. The van der Waals surface area contributed by atoms with Crippen molar-refractivity contribution in [1.29, 1.82) is 0 Å². The van der Waals surface area contributed by atoms with Crippen molar-refractivity contribution in [2.45, 2.75) is 6.04 Å². The van der Waals surface area contributed by atoms with E-state index in [0.29, 0.717) is 5.70 Å². The second-order valence-electron chi connectivity index (χ2n) is 11.1.